The van der Waals surface area contributed by atoms with Crippen molar-refractivity contribution >= 4 is 44.0 Å². The molecule has 1 unspecified atom stereocenters. The molecule has 0 aliphatic rings. The molecule has 3 rings (SSSR count). The Balaban J connectivity index is 1.87. The van der Waals surface area contributed by atoms with Crippen molar-refractivity contribution in [3.63, 3.8) is 0 Å². The van der Waals surface area contributed by atoms with E-state index in [2.05, 4.69) is 44.4 Å². The van der Waals surface area contributed by atoms with Crippen molar-refractivity contribution in [2.45, 2.75) is 12.5 Å². The fraction of sp³-hybridized carbons (Fsp3) is 0.188. The van der Waals surface area contributed by atoms with Gasteiger partial charge in [0, 0.05) is 21.3 Å². The number of anilines is 1. The van der Waals surface area contributed by atoms with Crippen molar-refractivity contribution in [1.29, 1.82) is 0 Å². The summed E-state index contributed by atoms with van der Waals surface area (Å²) in [7, 11) is 0. The molecule has 108 valence electrons. The average Bonchev–Trinajstić information content (AvgIpc) is 3.01. The van der Waals surface area contributed by atoms with Crippen molar-refractivity contribution in [3.8, 4) is 0 Å². The molecule has 21 heavy (non-hydrogen) atoms. The molecule has 1 aromatic carbocycles. The molecule has 2 N–H and O–H groups in total. The van der Waals surface area contributed by atoms with Crippen LogP contribution < -0.4 is 5.32 Å². The second-order valence-electron chi connectivity index (χ2n) is 4.76. The normalized spacial score (nSPS) is 12.5. The molecule has 3 nitrogen and oxygen atoms in total. The van der Waals surface area contributed by atoms with Crippen LogP contribution in [0.2, 0.25) is 0 Å². The zero-order chi connectivity index (χ0) is 14.7. The molecular formula is C16H15BrN2OS. The minimum atomic E-state index is 0.0930. The standard InChI is InChI=1S/C16H15BrN2OS/c17-12-4-5-13-11(10-12)3-6-16(18-13)19-14(7-8-20)15-2-1-9-21-15/h1-6,9-10,14,20H,7-8H2,(H,18,19). The molecule has 0 saturated carbocycles. The van der Waals surface area contributed by atoms with Crippen LogP contribution in [0.4, 0.5) is 5.82 Å². The van der Waals surface area contributed by atoms with Gasteiger partial charge < -0.3 is 10.4 Å². The van der Waals surface area contributed by atoms with Crippen LogP contribution in [0.3, 0.4) is 0 Å². The number of aromatic nitrogens is 1. The van der Waals surface area contributed by atoms with Crippen molar-refractivity contribution in [1.82, 2.24) is 4.98 Å². The fourth-order valence-electron chi connectivity index (χ4n) is 2.26. The number of pyridine rings is 1. The third-order valence-corrected chi connectivity index (χ3v) is 4.76. The van der Waals surface area contributed by atoms with Crippen molar-refractivity contribution in [3.05, 3.63) is 57.2 Å². The van der Waals surface area contributed by atoms with Crippen LogP contribution in [0.1, 0.15) is 17.3 Å². The number of hydrogen-bond donors (Lipinski definition) is 2. The molecule has 0 spiro atoms. The Morgan fingerprint density at radius 2 is 2.14 bits per heavy atom. The van der Waals surface area contributed by atoms with Gasteiger partial charge in [0.05, 0.1) is 11.6 Å². The van der Waals surface area contributed by atoms with E-state index in [0.717, 1.165) is 21.2 Å². The van der Waals surface area contributed by atoms with E-state index in [4.69, 9.17) is 0 Å². The van der Waals surface area contributed by atoms with Crippen LogP contribution >= 0.6 is 27.3 Å². The second kappa shape index (κ2) is 6.56. The van der Waals surface area contributed by atoms with Crippen LogP contribution in [-0.4, -0.2) is 16.7 Å². The van der Waals surface area contributed by atoms with E-state index in [9.17, 15) is 5.11 Å². The lowest BCUT2D eigenvalue weighted by Gasteiger charge is -2.17. The van der Waals surface area contributed by atoms with E-state index in [1.54, 1.807) is 11.3 Å². The highest BCUT2D eigenvalue weighted by molar-refractivity contribution is 9.10. The predicted octanol–water partition coefficient (Wildman–Crippen LogP) is 4.59. The lowest BCUT2D eigenvalue weighted by molar-refractivity contribution is 0.280. The molecule has 0 bridgehead atoms. The van der Waals surface area contributed by atoms with E-state index in [-0.39, 0.29) is 12.6 Å². The zero-order valence-corrected chi connectivity index (χ0v) is 13.7. The first kappa shape index (κ1) is 14.5. The van der Waals surface area contributed by atoms with E-state index in [0.29, 0.717) is 6.42 Å². The Hall–Kier alpha value is -1.43. The van der Waals surface area contributed by atoms with Gasteiger partial charge in [0.25, 0.3) is 0 Å². The number of aliphatic hydroxyl groups excluding tert-OH is 1. The van der Waals surface area contributed by atoms with Crippen LogP contribution in [0.25, 0.3) is 10.9 Å². The first-order valence-corrected chi connectivity index (χ1v) is 8.40. The number of fused-ring (bicyclic) bond motifs is 1. The topological polar surface area (TPSA) is 45.1 Å². The Morgan fingerprint density at radius 3 is 2.90 bits per heavy atom. The molecule has 0 saturated heterocycles. The number of nitrogens with zero attached hydrogens (tertiary/aromatic N) is 1. The average molecular weight is 363 g/mol. The van der Waals surface area contributed by atoms with E-state index in [1.165, 1.54) is 4.88 Å². The van der Waals surface area contributed by atoms with Gasteiger partial charge in [-0.15, -0.1) is 11.3 Å². The highest BCUT2D eigenvalue weighted by Gasteiger charge is 2.12. The maximum absolute atomic E-state index is 9.25. The number of nitrogens with one attached hydrogen (secondary N) is 1. The molecule has 2 heterocycles. The van der Waals surface area contributed by atoms with Crippen LogP contribution in [0.15, 0.2) is 52.3 Å². The molecule has 3 aromatic rings. The Kier molecular flexibility index (Phi) is 4.53. The van der Waals surface area contributed by atoms with Crippen molar-refractivity contribution < 1.29 is 5.11 Å². The highest BCUT2D eigenvalue weighted by atomic mass is 79.9. The second-order valence-corrected chi connectivity index (χ2v) is 6.65. The monoisotopic (exact) mass is 362 g/mol. The van der Waals surface area contributed by atoms with Gasteiger partial charge in [-0.05, 0) is 48.2 Å². The molecule has 0 aliphatic heterocycles. The summed E-state index contributed by atoms with van der Waals surface area (Å²) in [6, 6.07) is 14.3. The lowest BCUT2D eigenvalue weighted by atomic mass is 10.1. The minimum absolute atomic E-state index is 0.0930. The van der Waals surface area contributed by atoms with E-state index >= 15 is 0 Å². The van der Waals surface area contributed by atoms with Gasteiger partial charge >= 0.3 is 0 Å². The number of hydrogen-bond acceptors (Lipinski definition) is 4. The molecule has 0 aliphatic carbocycles. The Labute approximate surface area is 135 Å². The lowest BCUT2D eigenvalue weighted by Crippen LogP contribution is -2.12. The molecule has 2 aromatic heterocycles. The molecule has 0 radical (unpaired) electrons. The van der Waals surface area contributed by atoms with Crippen LogP contribution in [0, 0.1) is 0 Å². The largest absolute Gasteiger partial charge is 0.396 e. The SMILES string of the molecule is OCCC(Nc1ccc2cc(Br)ccc2n1)c1cccs1. The minimum Gasteiger partial charge on any atom is -0.396 e. The summed E-state index contributed by atoms with van der Waals surface area (Å²) in [6.07, 6.45) is 0.667. The van der Waals surface area contributed by atoms with Crippen LogP contribution in [-0.2, 0) is 0 Å². The fourth-order valence-corrected chi connectivity index (χ4v) is 3.45. The highest BCUT2D eigenvalue weighted by Crippen LogP contribution is 2.27. The number of aliphatic hydroxyl groups is 1. The van der Waals surface area contributed by atoms with Crippen molar-refractivity contribution in [2.75, 3.05) is 11.9 Å². The van der Waals surface area contributed by atoms with Gasteiger partial charge in [0.2, 0.25) is 0 Å². The summed E-state index contributed by atoms with van der Waals surface area (Å²) in [4.78, 5) is 5.85. The molecule has 1 atom stereocenters. The quantitative estimate of drug-likeness (QED) is 0.697. The van der Waals surface area contributed by atoms with Gasteiger partial charge in [-0.2, -0.15) is 0 Å². The first-order valence-electron chi connectivity index (χ1n) is 6.73. The smallest absolute Gasteiger partial charge is 0.127 e. The maximum atomic E-state index is 9.25. The third-order valence-electron chi connectivity index (χ3n) is 3.28. The molecule has 0 amide bonds. The van der Waals surface area contributed by atoms with E-state index in [1.807, 2.05) is 29.6 Å². The number of thiophene rings is 1. The van der Waals surface area contributed by atoms with Gasteiger partial charge in [-0.1, -0.05) is 22.0 Å². The molecule has 5 heteroatoms. The summed E-state index contributed by atoms with van der Waals surface area (Å²) in [5, 5.41) is 15.8. The van der Waals surface area contributed by atoms with Gasteiger partial charge in [-0.3, -0.25) is 0 Å². The summed E-state index contributed by atoms with van der Waals surface area (Å²) in [5.41, 5.74) is 0.956. The van der Waals surface area contributed by atoms with Crippen molar-refractivity contribution in [2.24, 2.45) is 0 Å². The van der Waals surface area contributed by atoms with Gasteiger partial charge in [-0.25, -0.2) is 4.98 Å². The summed E-state index contributed by atoms with van der Waals surface area (Å²) in [6.45, 7) is 0.149. The summed E-state index contributed by atoms with van der Waals surface area (Å²) < 4.78 is 1.05. The third kappa shape index (κ3) is 3.43. The number of benzene rings is 1. The summed E-state index contributed by atoms with van der Waals surface area (Å²) >= 11 is 5.16. The molecule has 0 fully saturated rings. The number of rotatable bonds is 5. The summed E-state index contributed by atoms with van der Waals surface area (Å²) in [5.74, 6) is 0.830. The Bertz CT molecular complexity index is 730. The van der Waals surface area contributed by atoms with Gasteiger partial charge in [0.15, 0.2) is 0 Å². The molecular weight excluding hydrogens is 348 g/mol. The zero-order valence-electron chi connectivity index (χ0n) is 11.3. The maximum Gasteiger partial charge on any atom is 0.127 e. The number of halogens is 1. The first-order chi connectivity index (χ1) is 10.3. The predicted molar refractivity (Wildman–Crippen MR) is 91.8 cm³/mol. The van der Waals surface area contributed by atoms with Crippen LogP contribution in [0.5, 0.6) is 0 Å². The van der Waals surface area contributed by atoms with Gasteiger partial charge in [0.1, 0.15) is 5.82 Å². The van der Waals surface area contributed by atoms with E-state index < -0.39 is 0 Å². The Morgan fingerprint density at radius 1 is 1.24 bits per heavy atom.